The molecule has 2 unspecified atom stereocenters. The standard InChI is InChI=1S/C14H20N2O/c1-10-5-4-8-16(11(10)2)13-6-7-14(12(3)17)15-9-13/h6-7,9-11H,4-5,8H2,1-3H3. The third-order valence-electron chi connectivity index (χ3n) is 3.81. The Kier molecular flexibility index (Phi) is 3.46. The topological polar surface area (TPSA) is 33.2 Å². The monoisotopic (exact) mass is 232 g/mol. The first-order chi connectivity index (χ1) is 8.09. The summed E-state index contributed by atoms with van der Waals surface area (Å²) in [6.07, 6.45) is 4.36. The molecule has 0 spiro atoms. The van der Waals surface area contributed by atoms with E-state index >= 15 is 0 Å². The summed E-state index contributed by atoms with van der Waals surface area (Å²) in [6, 6.07) is 4.38. The second-order valence-corrected chi connectivity index (χ2v) is 5.01. The van der Waals surface area contributed by atoms with Gasteiger partial charge in [-0.25, -0.2) is 0 Å². The molecule has 0 aromatic carbocycles. The van der Waals surface area contributed by atoms with Gasteiger partial charge in [0.15, 0.2) is 5.78 Å². The molecule has 2 heterocycles. The minimum absolute atomic E-state index is 0.0246. The molecule has 1 fully saturated rings. The number of hydrogen-bond donors (Lipinski definition) is 0. The zero-order chi connectivity index (χ0) is 12.4. The second kappa shape index (κ2) is 4.86. The molecular formula is C14H20N2O. The van der Waals surface area contributed by atoms with Crippen LogP contribution in [0.15, 0.2) is 18.3 Å². The summed E-state index contributed by atoms with van der Waals surface area (Å²) in [5.41, 5.74) is 1.68. The lowest BCUT2D eigenvalue weighted by Crippen LogP contribution is -2.42. The van der Waals surface area contributed by atoms with Crippen molar-refractivity contribution >= 4 is 11.5 Å². The van der Waals surface area contributed by atoms with Crippen molar-refractivity contribution in [3.8, 4) is 0 Å². The summed E-state index contributed by atoms with van der Waals surface area (Å²) in [6.45, 7) is 7.21. The zero-order valence-corrected chi connectivity index (χ0v) is 10.8. The van der Waals surface area contributed by atoms with Crippen LogP contribution in [0.3, 0.4) is 0 Å². The molecule has 17 heavy (non-hydrogen) atoms. The van der Waals surface area contributed by atoms with E-state index in [9.17, 15) is 4.79 Å². The van der Waals surface area contributed by atoms with E-state index in [1.54, 1.807) is 6.92 Å². The Balaban J connectivity index is 2.19. The van der Waals surface area contributed by atoms with Crippen LogP contribution in [0.1, 0.15) is 44.1 Å². The number of aromatic nitrogens is 1. The number of carbonyl (C=O) groups excluding carboxylic acids is 1. The molecule has 1 saturated heterocycles. The van der Waals surface area contributed by atoms with Gasteiger partial charge in [0.05, 0.1) is 11.9 Å². The molecule has 2 rings (SSSR count). The molecule has 92 valence electrons. The molecule has 0 N–H and O–H groups in total. The van der Waals surface area contributed by atoms with Crippen molar-refractivity contribution in [2.45, 2.75) is 39.7 Å². The van der Waals surface area contributed by atoms with Crippen molar-refractivity contribution in [2.24, 2.45) is 5.92 Å². The van der Waals surface area contributed by atoms with E-state index in [1.807, 2.05) is 18.3 Å². The Hall–Kier alpha value is -1.38. The lowest BCUT2D eigenvalue weighted by atomic mass is 9.92. The minimum atomic E-state index is 0.0246. The maximum absolute atomic E-state index is 11.2. The van der Waals surface area contributed by atoms with Gasteiger partial charge in [-0.3, -0.25) is 9.78 Å². The molecule has 0 bridgehead atoms. The van der Waals surface area contributed by atoms with Gasteiger partial charge in [0.25, 0.3) is 0 Å². The first-order valence-electron chi connectivity index (χ1n) is 6.33. The molecule has 0 amide bonds. The first kappa shape index (κ1) is 12.1. The van der Waals surface area contributed by atoms with Crippen LogP contribution in [0.2, 0.25) is 0 Å². The van der Waals surface area contributed by atoms with Crippen LogP contribution in [-0.4, -0.2) is 23.4 Å². The maximum atomic E-state index is 11.2. The fourth-order valence-corrected chi connectivity index (χ4v) is 2.46. The van der Waals surface area contributed by atoms with Crippen molar-refractivity contribution in [3.63, 3.8) is 0 Å². The smallest absolute Gasteiger partial charge is 0.178 e. The van der Waals surface area contributed by atoms with E-state index < -0.39 is 0 Å². The molecular weight excluding hydrogens is 212 g/mol. The van der Waals surface area contributed by atoms with E-state index in [2.05, 4.69) is 23.7 Å². The van der Waals surface area contributed by atoms with Crippen molar-refractivity contribution in [1.82, 2.24) is 4.98 Å². The van der Waals surface area contributed by atoms with Crippen LogP contribution in [0, 0.1) is 5.92 Å². The molecule has 1 aromatic heterocycles. The van der Waals surface area contributed by atoms with Crippen LogP contribution >= 0.6 is 0 Å². The highest BCUT2D eigenvalue weighted by Crippen LogP contribution is 2.27. The number of nitrogens with zero attached hydrogens (tertiary/aromatic N) is 2. The van der Waals surface area contributed by atoms with Crippen LogP contribution in [-0.2, 0) is 0 Å². The Morgan fingerprint density at radius 1 is 1.41 bits per heavy atom. The van der Waals surface area contributed by atoms with E-state index in [1.165, 1.54) is 12.8 Å². The van der Waals surface area contributed by atoms with Crippen molar-refractivity contribution in [1.29, 1.82) is 0 Å². The number of pyridine rings is 1. The Morgan fingerprint density at radius 3 is 2.76 bits per heavy atom. The fourth-order valence-electron chi connectivity index (χ4n) is 2.46. The predicted octanol–water partition coefficient (Wildman–Crippen LogP) is 2.91. The highest BCUT2D eigenvalue weighted by Gasteiger charge is 2.24. The van der Waals surface area contributed by atoms with Crippen molar-refractivity contribution in [3.05, 3.63) is 24.0 Å². The van der Waals surface area contributed by atoms with Gasteiger partial charge in [-0.05, 0) is 37.8 Å². The van der Waals surface area contributed by atoms with Gasteiger partial charge in [-0.15, -0.1) is 0 Å². The normalized spacial score (nSPS) is 24.8. The van der Waals surface area contributed by atoms with E-state index in [-0.39, 0.29) is 5.78 Å². The summed E-state index contributed by atoms with van der Waals surface area (Å²) in [5.74, 6) is 0.743. The summed E-state index contributed by atoms with van der Waals surface area (Å²) >= 11 is 0. The molecule has 0 radical (unpaired) electrons. The maximum Gasteiger partial charge on any atom is 0.178 e. The molecule has 3 heteroatoms. The van der Waals surface area contributed by atoms with Gasteiger partial charge in [0, 0.05) is 19.5 Å². The lowest BCUT2D eigenvalue weighted by molar-refractivity contribution is 0.101. The van der Waals surface area contributed by atoms with Crippen LogP contribution < -0.4 is 4.90 Å². The average Bonchev–Trinajstić information content (AvgIpc) is 2.33. The molecule has 0 saturated carbocycles. The first-order valence-corrected chi connectivity index (χ1v) is 6.33. The SMILES string of the molecule is CC(=O)c1ccc(N2CCCC(C)C2C)cn1. The largest absolute Gasteiger partial charge is 0.367 e. The van der Waals surface area contributed by atoms with Gasteiger partial charge in [0.2, 0.25) is 0 Å². The van der Waals surface area contributed by atoms with E-state index in [0.717, 1.165) is 18.2 Å². The summed E-state index contributed by atoms with van der Waals surface area (Å²) in [5, 5.41) is 0. The van der Waals surface area contributed by atoms with Gasteiger partial charge in [-0.2, -0.15) is 0 Å². The Morgan fingerprint density at radius 2 is 2.18 bits per heavy atom. The lowest BCUT2D eigenvalue weighted by Gasteiger charge is -2.39. The summed E-state index contributed by atoms with van der Waals surface area (Å²) in [7, 11) is 0. The zero-order valence-electron chi connectivity index (χ0n) is 10.8. The van der Waals surface area contributed by atoms with Gasteiger partial charge < -0.3 is 4.90 Å². The molecule has 1 aromatic rings. The Bertz CT molecular complexity index is 399. The average molecular weight is 232 g/mol. The van der Waals surface area contributed by atoms with E-state index in [4.69, 9.17) is 0 Å². The third kappa shape index (κ3) is 2.48. The fraction of sp³-hybridized carbons (Fsp3) is 0.571. The predicted molar refractivity (Wildman–Crippen MR) is 69.4 cm³/mol. The van der Waals surface area contributed by atoms with E-state index in [0.29, 0.717) is 11.7 Å². The number of ketones is 1. The van der Waals surface area contributed by atoms with Crippen molar-refractivity contribution < 1.29 is 4.79 Å². The number of piperidine rings is 1. The van der Waals surface area contributed by atoms with Gasteiger partial charge >= 0.3 is 0 Å². The van der Waals surface area contributed by atoms with Crippen LogP contribution in [0.25, 0.3) is 0 Å². The quantitative estimate of drug-likeness (QED) is 0.735. The third-order valence-corrected chi connectivity index (χ3v) is 3.81. The highest BCUT2D eigenvalue weighted by molar-refractivity contribution is 5.92. The number of rotatable bonds is 2. The molecule has 2 atom stereocenters. The second-order valence-electron chi connectivity index (χ2n) is 5.01. The summed E-state index contributed by atoms with van der Waals surface area (Å²) in [4.78, 5) is 17.8. The number of hydrogen-bond acceptors (Lipinski definition) is 3. The highest BCUT2D eigenvalue weighted by atomic mass is 16.1. The van der Waals surface area contributed by atoms with Gasteiger partial charge in [-0.1, -0.05) is 6.92 Å². The summed E-state index contributed by atoms with van der Waals surface area (Å²) < 4.78 is 0. The Labute approximate surface area is 103 Å². The van der Waals surface area contributed by atoms with Crippen molar-refractivity contribution in [2.75, 3.05) is 11.4 Å². The molecule has 0 aliphatic carbocycles. The van der Waals surface area contributed by atoms with Gasteiger partial charge in [0.1, 0.15) is 5.69 Å². The van der Waals surface area contributed by atoms with Crippen LogP contribution in [0.4, 0.5) is 5.69 Å². The number of anilines is 1. The molecule has 1 aliphatic heterocycles. The molecule has 1 aliphatic rings. The number of Topliss-reactive ketones (excluding diaryl/α,β-unsaturated/α-hetero) is 1. The number of carbonyl (C=O) groups is 1. The minimum Gasteiger partial charge on any atom is -0.367 e. The van der Waals surface area contributed by atoms with Crippen LogP contribution in [0.5, 0.6) is 0 Å². The molecule has 3 nitrogen and oxygen atoms in total.